The molecular weight excluding hydrogens is 346 g/mol. The molecule has 1 aromatic rings. The minimum Gasteiger partial charge on any atom is -0.465 e. The number of hydrogen-bond acceptors (Lipinski definition) is 5. The van der Waals surface area contributed by atoms with E-state index in [-0.39, 0.29) is 23.1 Å². The van der Waals surface area contributed by atoms with Crippen molar-refractivity contribution >= 4 is 29.3 Å². The first kappa shape index (κ1) is 18.0. The summed E-state index contributed by atoms with van der Waals surface area (Å²) in [4.78, 5) is 26.2. The molecule has 2 amide bonds. The quantitative estimate of drug-likeness (QED) is 0.797. The highest BCUT2D eigenvalue weighted by Crippen LogP contribution is 2.24. The predicted molar refractivity (Wildman–Crippen MR) is 94.1 cm³/mol. The molecule has 0 unspecified atom stereocenters. The minimum atomic E-state index is -0.477. The van der Waals surface area contributed by atoms with Crippen LogP contribution in [0.25, 0.3) is 0 Å². The number of esters is 1. The lowest BCUT2D eigenvalue weighted by atomic mass is 10.1. The van der Waals surface area contributed by atoms with Gasteiger partial charge in [0, 0.05) is 0 Å². The van der Waals surface area contributed by atoms with E-state index in [0.717, 1.165) is 13.1 Å². The molecule has 0 radical (unpaired) electrons. The molecule has 136 valence electrons. The van der Waals surface area contributed by atoms with E-state index in [2.05, 4.69) is 20.3 Å². The highest BCUT2D eigenvalue weighted by Gasteiger charge is 2.35. The number of benzene rings is 1. The van der Waals surface area contributed by atoms with Crippen molar-refractivity contribution in [3.05, 3.63) is 28.8 Å². The van der Waals surface area contributed by atoms with Crippen molar-refractivity contribution in [3.63, 3.8) is 0 Å². The molecule has 0 aromatic heterocycles. The van der Waals surface area contributed by atoms with Crippen LogP contribution in [-0.2, 0) is 9.47 Å². The van der Waals surface area contributed by atoms with Crippen LogP contribution in [0.3, 0.4) is 0 Å². The second-order valence-corrected chi connectivity index (χ2v) is 6.65. The van der Waals surface area contributed by atoms with Crippen molar-refractivity contribution < 1.29 is 19.1 Å². The van der Waals surface area contributed by atoms with Gasteiger partial charge in [-0.1, -0.05) is 11.6 Å². The van der Waals surface area contributed by atoms with Crippen molar-refractivity contribution in [3.8, 4) is 0 Å². The lowest BCUT2D eigenvalue weighted by molar-refractivity contribution is 0.0600. The van der Waals surface area contributed by atoms with Crippen LogP contribution in [0.15, 0.2) is 18.2 Å². The highest BCUT2D eigenvalue weighted by molar-refractivity contribution is 6.34. The fraction of sp³-hybridized carbons (Fsp3) is 0.529. The van der Waals surface area contributed by atoms with Crippen molar-refractivity contribution in [1.82, 2.24) is 10.2 Å². The summed E-state index contributed by atoms with van der Waals surface area (Å²) in [5.74, 6) is -0.477. The largest absolute Gasteiger partial charge is 0.465 e. The van der Waals surface area contributed by atoms with Crippen LogP contribution in [0.5, 0.6) is 0 Å². The Kier molecular flexibility index (Phi) is 5.78. The molecule has 2 N–H and O–H groups in total. The molecule has 2 fully saturated rings. The SMILES string of the molecule is COC(=O)c1ccc(NC(=O)N[C@@H]2COC[C@H]2N2CCCC2)c(Cl)c1. The van der Waals surface area contributed by atoms with Crippen LogP contribution in [0, 0.1) is 0 Å². The number of nitrogens with zero attached hydrogens (tertiary/aromatic N) is 1. The lowest BCUT2D eigenvalue weighted by Crippen LogP contribution is -2.51. The van der Waals surface area contributed by atoms with Crippen LogP contribution in [-0.4, -0.2) is 62.4 Å². The molecule has 2 aliphatic rings. The molecule has 1 aromatic carbocycles. The van der Waals surface area contributed by atoms with Crippen LogP contribution < -0.4 is 10.6 Å². The van der Waals surface area contributed by atoms with Gasteiger partial charge in [-0.25, -0.2) is 9.59 Å². The molecule has 7 nitrogen and oxygen atoms in total. The molecule has 2 heterocycles. The van der Waals surface area contributed by atoms with Gasteiger partial charge in [-0.05, 0) is 44.1 Å². The van der Waals surface area contributed by atoms with Crippen LogP contribution in [0.4, 0.5) is 10.5 Å². The lowest BCUT2D eigenvalue weighted by Gasteiger charge is -2.28. The van der Waals surface area contributed by atoms with E-state index >= 15 is 0 Å². The number of likely N-dealkylation sites (tertiary alicyclic amines) is 1. The van der Waals surface area contributed by atoms with E-state index in [9.17, 15) is 9.59 Å². The molecule has 2 saturated heterocycles. The number of hydrogen-bond donors (Lipinski definition) is 2. The summed E-state index contributed by atoms with van der Waals surface area (Å²) in [6, 6.07) is 4.43. The minimum absolute atomic E-state index is 0.0498. The number of carbonyl (C=O) groups is 2. The smallest absolute Gasteiger partial charge is 0.337 e. The third-order valence-corrected chi connectivity index (χ3v) is 4.93. The number of rotatable bonds is 4. The summed E-state index contributed by atoms with van der Waals surface area (Å²) in [6.45, 7) is 3.24. The van der Waals surface area contributed by atoms with Crippen LogP contribution >= 0.6 is 11.6 Å². The average Bonchev–Trinajstić information content (AvgIpc) is 3.27. The first-order valence-electron chi connectivity index (χ1n) is 8.35. The predicted octanol–water partition coefficient (Wildman–Crippen LogP) is 2.11. The topological polar surface area (TPSA) is 79.9 Å². The summed E-state index contributed by atoms with van der Waals surface area (Å²) in [5, 5.41) is 5.96. The van der Waals surface area contributed by atoms with Gasteiger partial charge >= 0.3 is 12.0 Å². The van der Waals surface area contributed by atoms with Crippen molar-refractivity contribution in [2.24, 2.45) is 0 Å². The van der Waals surface area contributed by atoms with E-state index in [1.165, 1.54) is 26.0 Å². The maximum atomic E-state index is 12.3. The Hall–Kier alpha value is -1.83. The highest BCUT2D eigenvalue weighted by atomic mass is 35.5. The van der Waals surface area contributed by atoms with Gasteiger partial charge in [-0.15, -0.1) is 0 Å². The van der Waals surface area contributed by atoms with E-state index < -0.39 is 5.97 Å². The summed E-state index contributed by atoms with van der Waals surface area (Å²) >= 11 is 6.14. The Morgan fingerprint density at radius 3 is 2.72 bits per heavy atom. The molecular formula is C17H22ClN3O4. The molecule has 0 saturated carbocycles. The van der Waals surface area contributed by atoms with Crippen molar-refractivity contribution in [2.75, 3.05) is 38.7 Å². The molecule has 0 bridgehead atoms. The first-order valence-corrected chi connectivity index (χ1v) is 8.73. The second-order valence-electron chi connectivity index (χ2n) is 6.24. The zero-order valence-corrected chi connectivity index (χ0v) is 14.8. The van der Waals surface area contributed by atoms with Gasteiger partial charge in [0.2, 0.25) is 0 Å². The van der Waals surface area contributed by atoms with Gasteiger partial charge in [0.05, 0.1) is 48.7 Å². The van der Waals surface area contributed by atoms with Gasteiger partial charge in [0.1, 0.15) is 0 Å². The Morgan fingerprint density at radius 2 is 2.04 bits per heavy atom. The fourth-order valence-electron chi connectivity index (χ4n) is 3.30. The molecule has 2 aliphatic heterocycles. The Bertz CT molecular complexity index is 649. The van der Waals surface area contributed by atoms with Crippen LogP contribution in [0.2, 0.25) is 5.02 Å². The molecule has 0 aliphatic carbocycles. The monoisotopic (exact) mass is 367 g/mol. The van der Waals surface area contributed by atoms with E-state index in [1.807, 2.05) is 0 Å². The maximum absolute atomic E-state index is 12.3. The second kappa shape index (κ2) is 8.03. The van der Waals surface area contributed by atoms with E-state index in [0.29, 0.717) is 24.5 Å². The summed E-state index contributed by atoms with van der Waals surface area (Å²) in [5.41, 5.74) is 0.764. The average molecular weight is 368 g/mol. The Morgan fingerprint density at radius 1 is 1.28 bits per heavy atom. The zero-order valence-electron chi connectivity index (χ0n) is 14.1. The molecule has 0 spiro atoms. The maximum Gasteiger partial charge on any atom is 0.337 e. The van der Waals surface area contributed by atoms with Crippen molar-refractivity contribution in [1.29, 1.82) is 0 Å². The Labute approximate surface area is 151 Å². The van der Waals surface area contributed by atoms with Gasteiger partial charge in [-0.3, -0.25) is 4.90 Å². The number of urea groups is 1. The van der Waals surface area contributed by atoms with E-state index in [4.69, 9.17) is 16.3 Å². The third-order valence-electron chi connectivity index (χ3n) is 4.62. The number of nitrogens with one attached hydrogen (secondary N) is 2. The number of anilines is 1. The molecule has 2 atom stereocenters. The normalized spacial score (nSPS) is 23.4. The number of amides is 2. The van der Waals surface area contributed by atoms with E-state index in [1.54, 1.807) is 12.1 Å². The Balaban J connectivity index is 1.59. The van der Waals surface area contributed by atoms with Crippen LogP contribution in [0.1, 0.15) is 23.2 Å². The number of halogens is 1. The number of ether oxygens (including phenoxy) is 2. The fourth-order valence-corrected chi connectivity index (χ4v) is 3.53. The van der Waals surface area contributed by atoms with Gasteiger partial charge in [-0.2, -0.15) is 0 Å². The van der Waals surface area contributed by atoms with Gasteiger partial charge in [0.15, 0.2) is 0 Å². The zero-order chi connectivity index (χ0) is 17.8. The number of carbonyl (C=O) groups excluding carboxylic acids is 2. The third kappa shape index (κ3) is 4.23. The summed E-state index contributed by atoms with van der Waals surface area (Å²) < 4.78 is 10.2. The van der Waals surface area contributed by atoms with Crippen molar-refractivity contribution in [2.45, 2.75) is 24.9 Å². The van der Waals surface area contributed by atoms with Gasteiger partial charge < -0.3 is 20.1 Å². The number of methoxy groups -OCH3 is 1. The molecule has 25 heavy (non-hydrogen) atoms. The standard InChI is InChI=1S/C17H22ClN3O4/c1-24-16(22)11-4-5-13(12(18)8-11)19-17(23)20-14-9-25-10-15(14)21-6-2-3-7-21/h4-5,8,14-15H,2-3,6-7,9-10H2,1H3,(H2,19,20,23)/t14-,15-/m1/s1. The molecule has 3 rings (SSSR count). The van der Waals surface area contributed by atoms with Gasteiger partial charge in [0.25, 0.3) is 0 Å². The molecule has 8 heteroatoms. The summed E-state index contributed by atoms with van der Waals surface area (Å²) in [7, 11) is 1.30. The first-order chi connectivity index (χ1) is 12.1. The summed E-state index contributed by atoms with van der Waals surface area (Å²) in [6.07, 6.45) is 2.38.